The van der Waals surface area contributed by atoms with Crippen LogP contribution in [0.5, 0.6) is 5.75 Å². The van der Waals surface area contributed by atoms with Crippen LogP contribution >= 0.6 is 74.7 Å². The summed E-state index contributed by atoms with van der Waals surface area (Å²) in [5.74, 6) is 0.501. The molecule has 1 amide bonds. The Bertz CT molecular complexity index is 1250. The number of thiocarbonyl (C=S) groups is 1. The van der Waals surface area contributed by atoms with Gasteiger partial charge in [0.25, 0.3) is 5.91 Å². The van der Waals surface area contributed by atoms with Crippen LogP contribution in [-0.4, -0.2) is 10.2 Å². The largest absolute Gasteiger partial charge is 0.489 e. The Labute approximate surface area is 218 Å². The molecule has 3 aromatic carbocycles. The molecule has 162 valence electrons. The highest BCUT2D eigenvalue weighted by molar-refractivity contribution is 9.10. The van der Waals surface area contributed by atoms with E-state index in [9.17, 15) is 4.79 Å². The van der Waals surface area contributed by atoms with Crippen LogP contribution in [0.3, 0.4) is 0 Å². The van der Waals surface area contributed by atoms with E-state index in [0.717, 1.165) is 15.6 Å². The minimum absolute atomic E-state index is 0.184. The maximum atomic E-state index is 12.9. The lowest BCUT2D eigenvalue weighted by Gasteiger charge is -2.15. The molecule has 1 heterocycles. The summed E-state index contributed by atoms with van der Waals surface area (Å²) in [5.41, 5.74) is 2.33. The van der Waals surface area contributed by atoms with E-state index in [1.807, 2.05) is 30.3 Å². The zero-order chi connectivity index (χ0) is 22.8. The van der Waals surface area contributed by atoms with E-state index in [2.05, 4.69) is 15.9 Å². The van der Waals surface area contributed by atoms with Crippen LogP contribution in [0.2, 0.25) is 15.1 Å². The number of carbonyl (C=O) groups is 1. The number of thioether (sulfide) groups is 1. The fourth-order valence-electron chi connectivity index (χ4n) is 2.93. The second kappa shape index (κ2) is 10.2. The van der Waals surface area contributed by atoms with Gasteiger partial charge < -0.3 is 4.74 Å². The van der Waals surface area contributed by atoms with E-state index in [0.29, 0.717) is 42.3 Å². The van der Waals surface area contributed by atoms with Crippen molar-refractivity contribution in [1.82, 2.24) is 0 Å². The summed E-state index contributed by atoms with van der Waals surface area (Å²) >= 11 is 28.3. The number of carbonyl (C=O) groups excluding carboxylic acids is 1. The zero-order valence-corrected chi connectivity index (χ0v) is 21.6. The van der Waals surface area contributed by atoms with Crippen molar-refractivity contribution in [2.45, 2.75) is 6.61 Å². The van der Waals surface area contributed by atoms with Crippen LogP contribution in [0.15, 0.2) is 70.0 Å². The van der Waals surface area contributed by atoms with Gasteiger partial charge in [-0.3, -0.25) is 9.69 Å². The molecule has 0 bridgehead atoms. The van der Waals surface area contributed by atoms with Crippen LogP contribution < -0.4 is 9.64 Å². The van der Waals surface area contributed by atoms with E-state index in [4.69, 9.17) is 51.8 Å². The van der Waals surface area contributed by atoms with Crippen LogP contribution in [0.4, 0.5) is 5.69 Å². The number of nitrogens with zero attached hydrogens (tertiary/aromatic N) is 1. The van der Waals surface area contributed by atoms with E-state index in [-0.39, 0.29) is 5.91 Å². The number of hydrogen-bond acceptors (Lipinski definition) is 4. The summed E-state index contributed by atoms with van der Waals surface area (Å²) in [6, 6.07) is 18.0. The van der Waals surface area contributed by atoms with Crippen molar-refractivity contribution >= 4 is 96.7 Å². The number of benzene rings is 3. The molecule has 1 aliphatic heterocycles. The first-order chi connectivity index (χ1) is 15.3. The van der Waals surface area contributed by atoms with Crippen LogP contribution in [0.25, 0.3) is 6.08 Å². The molecule has 9 heteroatoms. The Morgan fingerprint density at radius 2 is 1.75 bits per heavy atom. The molecule has 3 aromatic rings. The van der Waals surface area contributed by atoms with Crippen molar-refractivity contribution < 1.29 is 9.53 Å². The highest BCUT2D eigenvalue weighted by Crippen LogP contribution is 2.38. The minimum Gasteiger partial charge on any atom is -0.489 e. The third kappa shape index (κ3) is 5.33. The molecule has 0 spiro atoms. The standard InChI is InChI=1S/C23H13BrCl3NO2S2/c24-18-8-5-16(11-20(18)27)28-22(29)21(32-23(28)31)9-13-1-6-17(7-2-13)30-12-14-3-4-15(25)10-19(14)26/h1-11H,12H2/b21-9+. The minimum atomic E-state index is -0.184. The lowest BCUT2D eigenvalue weighted by atomic mass is 10.2. The van der Waals surface area contributed by atoms with Crippen molar-refractivity contribution in [3.63, 3.8) is 0 Å². The Morgan fingerprint density at radius 3 is 2.44 bits per heavy atom. The van der Waals surface area contributed by atoms with Gasteiger partial charge in [0.1, 0.15) is 12.4 Å². The van der Waals surface area contributed by atoms with Gasteiger partial charge in [-0.2, -0.15) is 0 Å². The zero-order valence-electron chi connectivity index (χ0n) is 16.2. The summed E-state index contributed by atoms with van der Waals surface area (Å²) in [4.78, 5) is 15.0. The van der Waals surface area contributed by atoms with Gasteiger partial charge in [-0.05, 0) is 70.0 Å². The Morgan fingerprint density at radius 1 is 1.00 bits per heavy atom. The van der Waals surface area contributed by atoms with E-state index >= 15 is 0 Å². The molecule has 1 saturated heterocycles. The number of anilines is 1. The second-order valence-corrected chi connectivity index (χ2v) is 10.5. The summed E-state index contributed by atoms with van der Waals surface area (Å²) in [5, 5.41) is 1.65. The summed E-state index contributed by atoms with van der Waals surface area (Å²) in [7, 11) is 0. The summed E-state index contributed by atoms with van der Waals surface area (Å²) in [6.45, 7) is 0.323. The molecule has 1 aliphatic rings. The first-order valence-electron chi connectivity index (χ1n) is 9.21. The van der Waals surface area contributed by atoms with E-state index in [1.165, 1.54) is 16.7 Å². The average molecular weight is 586 g/mol. The molecular formula is C23H13BrCl3NO2S2. The third-order valence-corrected chi connectivity index (χ3v) is 7.66. The van der Waals surface area contributed by atoms with Crippen LogP contribution in [0.1, 0.15) is 11.1 Å². The van der Waals surface area contributed by atoms with Gasteiger partial charge in [-0.25, -0.2) is 0 Å². The topological polar surface area (TPSA) is 29.5 Å². The molecule has 0 aliphatic carbocycles. The van der Waals surface area contributed by atoms with Crippen LogP contribution in [-0.2, 0) is 11.4 Å². The van der Waals surface area contributed by atoms with Gasteiger partial charge in [0.05, 0.1) is 15.6 Å². The molecule has 0 N–H and O–H groups in total. The molecule has 0 radical (unpaired) electrons. The number of hydrogen-bond donors (Lipinski definition) is 0. The quantitative estimate of drug-likeness (QED) is 0.222. The van der Waals surface area contributed by atoms with Crippen molar-refractivity contribution in [3.05, 3.63) is 96.2 Å². The summed E-state index contributed by atoms with van der Waals surface area (Å²) in [6.07, 6.45) is 1.81. The first-order valence-corrected chi connectivity index (χ1v) is 12.4. The predicted molar refractivity (Wildman–Crippen MR) is 142 cm³/mol. The SMILES string of the molecule is O=C1/C(=C\c2ccc(OCc3ccc(Cl)cc3Cl)cc2)SC(=S)N1c1ccc(Br)c(Cl)c1. The normalized spacial score (nSPS) is 15.0. The van der Waals surface area contributed by atoms with Gasteiger partial charge in [0.2, 0.25) is 0 Å². The van der Waals surface area contributed by atoms with Gasteiger partial charge in [0.15, 0.2) is 4.32 Å². The Hall–Kier alpha value is -1.54. The van der Waals surface area contributed by atoms with E-state index in [1.54, 1.807) is 36.4 Å². The van der Waals surface area contributed by atoms with Gasteiger partial charge >= 0.3 is 0 Å². The summed E-state index contributed by atoms with van der Waals surface area (Å²) < 4.78 is 7.02. The number of rotatable bonds is 5. The van der Waals surface area contributed by atoms with Crippen molar-refractivity contribution in [3.8, 4) is 5.75 Å². The number of halogens is 4. The molecule has 0 atom stereocenters. The van der Waals surface area contributed by atoms with Crippen molar-refractivity contribution in [2.75, 3.05) is 4.90 Å². The third-order valence-electron chi connectivity index (χ3n) is 4.54. The van der Waals surface area contributed by atoms with Crippen LogP contribution in [0, 0.1) is 0 Å². The fraction of sp³-hybridized carbons (Fsp3) is 0.0435. The molecular weight excluding hydrogens is 573 g/mol. The molecule has 1 fully saturated rings. The highest BCUT2D eigenvalue weighted by atomic mass is 79.9. The average Bonchev–Trinajstić information content (AvgIpc) is 3.03. The maximum Gasteiger partial charge on any atom is 0.270 e. The molecule has 4 rings (SSSR count). The Kier molecular flexibility index (Phi) is 7.50. The van der Waals surface area contributed by atoms with Gasteiger partial charge in [-0.1, -0.05) is 77.0 Å². The lowest BCUT2D eigenvalue weighted by Crippen LogP contribution is -2.27. The van der Waals surface area contributed by atoms with Gasteiger partial charge in [0, 0.05) is 20.1 Å². The Balaban J connectivity index is 1.46. The monoisotopic (exact) mass is 583 g/mol. The second-order valence-electron chi connectivity index (χ2n) is 6.71. The molecule has 0 saturated carbocycles. The fourth-order valence-corrected chi connectivity index (χ4v) is 5.11. The first kappa shape index (κ1) is 23.6. The number of ether oxygens (including phenoxy) is 1. The van der Waals surface area contributed by atoms with Crippen molar-refractivity contribution in [2.24, 2.45) is 0 Å². The predicted octanol–water partition coefficient (Wildman–Crippen LogP) is 8.39. The molecule has 3 nitrogen and oxygen atoms in total. The maximum absolute atomic E-state index is 12.9. The number of amides is 1. The molecule has 0 aromatic heterocycles. The smallest absolute Gasteiger partial charge is 0.270 e. The highest BCUT2D eigenvalue weighted by Gasteiger charge is 2.33. The van der Waals surface area contributed by atoms with Crippen molar-refractivity contribution in [1.29, 1.82) is 0 Å². The van der Waals surface area contributed by atoms with E-state index < -0.39 is 0 Å². The lowest BCUT2D eigenvalue weighted by molar-refractivity contribution is -0.113. The van der Waals surface area contributed by atoms with Gasteiger partial charge in [-0.15, -0.1) is 0 Å². The molecule has 32 heavy (non-hydrogen) atoms. The molecule has 0 unspecified atom stereocenters.